The highest BCUT2D eigenvalue weighted by Crippen LogP contribution is 2.22. The van der Waals surface area contributed by atoms with Crippen molar-refractivity contribution in [1.82, 2.24) is 9.21 Å². The molecule has 3 aromatic carbocycles. The molecule has 4 rings (SSSR count). The molecule has 0 bridgehead atoms. The van der Waals surface area contributed by atoms with Gasteiger partial charge in [0.2, 0.25) is 10.0 Å². The largest absolute Gasteiger partial charge is 0.322 e. The molecule has 1 saturated heterocycles. The molecule has 1 aliphatic heterocycles. The van der Waals surface area contributed by atoms with Crippen LogP contribution >= 0.6 is 0 Å². The van der Waals surface area contributed by atoms with Crippen LogP contribution in [0.4, 0.5) is 5.69 Å². The first-order valence-electron chi connectivity index (χ1n) is 10.7. The van der Waals surface area contributed by atoms with Gasteiger partial charge >= 0.3 is 0 Å². The fourth-order valence-corrected chi connectivity index (χ4v) is 5.25. The van der Waals surface area contributed by atoms with Crippen LogP contribution in [0.2, 0.25) is 0 Å². The molecular weight excluding hydrogens is 422 g/mol. The van der Waals surface area contributed by atoms with E-state index in [-0.39, 0.29) is 10.8 Å². The molecule has 0 radical (unpaired) electrons. The first kappa shape index (κ1) is 22.2. The molecule has 1 N–H and O–H groups in total. The van der Waals surface area contributed by atoms with Crippen molar-refractivity contribution in [2.24, 2.45) is 0 Å². The van der Waals surface area contributed by atoms with Crippen molar-refractivity contribution in [3.63, 3.8) is 0 Å². The van der Waals surface area contributed by atoms with Crippen molar-refractivity contribution in [2.45, 2.75) is 11.3 Å². The van der Waals surface area contributed by atoms with E-state index in [1.165, 1.54) is 10.4 Å². The van der Waals surface area contributed by atoms with Gasteiger partial charge in [0.05, 0.1) is 4.90 Å². The van der Waals surface area contributed by atoms with Gasteiger partial charge in [-0.25, -0.2) is 8.42 Å². The van der Waals surface area contributed by atoms with Gasteiger partial charge in [-0.15, -0.1) is 0 Å². The standard InChI is InChI=1S/C25H27N3O3S/c1-27-14-16-28(17-15-27)32(30,31)23-12-7-11-22(19-23)25(29)26-24-13-6-5-10-21(24)18-20-8-3-2-4-9-20/h2-13,19H,14-18H2,1H3,(H,26,29). The molecule has 0 aromatic heterocycles. The summed E-state index contributed by atoms with van der Waals surface area (Å²) in [6.07, 6.45) is 0.690. The molecule has 32 heavy (non-hydrogen) atoms. The predicted octanol–water partition coefficient (Wildman–Crippen LogP) is 3.47. The quantitative estimate of drug-likeness (QED) is 0.626. The van der Waals surface area contributed by atoms with Gasteiger partial charge in [-0.2, -0.15) is 4.31 Å². The highest BCUT2D eigenvalue weighted by atomic mass is 32.2. The number of likely N-dealkylation sites (N-methyl/N-ethyl adjacent to an activating group) is 1. The summed E-state index contributed by atoms with van der Waals surface area (Å²) >= 11 is 0. The van der Waals surface area contributed by atoms with Gasteiger partial charge in [-0.05, 0) is 48.9 Å². The minimum Gasteiger partial charge on any atom is -0.322 e. The topological polar surface area (TPSA) is 69.7 Å². The lowest BCUT2D eigenvalue weighted by Gasteiger charge is -2.31. The Morgan fingerprint density at radius 2 is 1.56 bits per heavy atom. The number of hydrogen-bond donors (Lipinski definition) is 1. The van der Waals surface area contributed by atoms with E-state index in [1.54, 1.807) is 18.2 Å². The summed E-state index contributed by atoms with van der Waals surface area (Å²) in [6.45, 7) is 2.28. The van der Waals surface area contributed by atoms with E-state index >= 15 is 0 Å². The molecule has 1 fully saturated rings. The van der Waals surface area contributed by atoms with E-state index in [4.69, 9.17) is 0 Å². The highest BCUT2D eigenvalue weighted by Gasteiger charge is 2.28. The average Bonchev–Trinajstić information content (AvgIpc) is 2.81. The molecule has 1 heterocycles. The summed E-state index contributed by atoms with van der Waals surface area (Å²) in [7, 11) is -1.66. The summed E-state index contributed by atoms with van der Waals surface area (Å²) < 4.78 is 27.6. The maximum atomic E-state index is 13.1. The lowest BCUT2D eigenvalue weighted by Crippen LogP contribution is -2.47. The van der Waals surface area contributed by atoms with E-state index in [2.05, 4.69) is 10.2 Å². The van der Waals surface area contributed by atoms with Crippen molar-refractivity contribution >= 4 is 21.6 Å². The van der Waals surface area contributed by atoms with Gasteiger partial charge in [0.1, 0.15) is 0 Å². The van der Waals surface area contributed by atoms with Crippen LogP contribution in [-0.4, -0.2) is 56.8 Å². The van der Waals surface area contributed by atoms with Gasteiger partial charge in [0, 0.05) is 37.4 Å². The number of carbonyl (C=O) groups is 1. The van der Waals surface area contributed by atoms with E-state index < -0.39 is 10.0 Å². The molecule has 0 spiro atoms. The number of sulfonamides is 1. The van der Waals surface area contributed by atoms with Gasteiger partial charge in [-0.3, -0.25) is 4.79 Å². The third-order valence-corrected chi connectivity index (χ3v) is 7.59. The smallest absolute Gasteiger partial charge is 0.255 e. The zero-order valence-electron chi connectivity index (χ0n) is 18.1. The Morgan fingerprint density at radius 3 is 2.31 bits per heavy atom. The molecule has 0 atom stereocenters. The molecule has 6 nitrogen and oxygen atoms in total. The monoisotopic (exact) mass is 449 g/mol. The first-order chi connectivity index (χ1) is 15.4. The number of benzene rings is 3. The van der Waals surface area contributed by atoms with Crippen LogP contribution in [0.25, 0.3) is 0 Å². The maximum Gasteiger partial charge on any atom is 0.255 e. The number of nitrogens with one attached hydrogen (secondary N) is 1. The third-order valence-electron chi connectivity index (χ3n) is 5.70. The number of amides is 1. The van der Waals surface area contributed by atoms with Crippen molar-refractivity contribution in [2.75, 3.05) is 38.5 Å². The Balaban J connectivity index is 1.53. The molecule has 7 heteroatoms. The predicted molar refractivity (Wildman–Crippen MR) is 126 cm³/mol. The Labute approximate surface area is 189 Å². The van der Waals surface area contributed by atoms with Crippen molar-refractivity contribution < 1.29 is 13.2 Å². The summed E-state index contributed by atoms with van der Waals surface area (Å²) in [6, 6.07) is 24.0. The number of piperazine rings is 1. The fraction of sp³-hybridized carbons (Fsp3) is 0.240. The second kappa shape index (κ2) is 9.65. The van der Waals surface area contributed by atoms with Crippen LogP contribution in [0.1, 0.15) is 21.5 Å². The molecule has 3 aromatic rings. The number of anilines is 1. The van der Waals surface area contributed by atoms with Crippen LogP contribution in [0.5, 0.6) is 0 Å². The highest BCUT2D eigenvalue weighted by molar-refractivity contribution is 7.89. The zero-order valence-corrected chi connectivity index (χ0v) is 18.9. The SMILES string of the molecule is CN1CCN(S(=O)(=O)c2cccc(C(=O)Nc3ccccc3Cc3ccccc3)c2)CC1. The van der Waals surface area contributed by atoms with E-state index in [0.717, 1.165) is 11.1 Å². The lowest BCUT2D eigenvalue weighted by molar-refractivity contribution is 0.102. The van der Waals surface area contributed by atoms with Gasteiger partial charge in [0.25, 0.3) is 5.91 Å². The molecule has 1 amide bonds. The maximum absolute atomic E-state index is 13.1. The van der Waals surface area contributed by atoms with Crippen LogP contribution in [0.15, 0.2) is 83.8 Å². The number of para-hydroxylation sites is 1. The second-order valence-electron chi connectivity index (χ2n) is 8.01. The first-order valence-corrected chi connectivity index (χ1v) is 12.1. The minimum absolute atomic E-state index is 0.146. The molecule has 0 unspecified atom stereocenters. The Bertz CT molecular complexity index is 1190. The van der Waals surface area contributed by atoms with Gasteiger partial charge < -0.3 is 10.2 Å². The normalized spacial score (nSPS) is 15.4. The average molecular weight is 450 g/mol. The zero-order chi connectivity index (χ0) is 22.6. The van der Waals surface area contributed by atoms with Gasteiger partial charge in [0.15, 0.2) is 0 Å². The van der Waals surface area contributed by atoms with Crippen LogP contribution in [0, 0.1) is 0 Å². The number of nitrogens with zero attached hydrogens (tertiary/aromatic N) is 2. The fourth-order valence-electron chi connectivity index (χ4n) is 3.78. The Morgan fingerprint density at radius 1 is 0.875 bits per heavy atom. The Kier molecular flexibility index (Phi) is 6.69. The van der Waals surface area contributed by atoms with E-state index in [9.17, 15) is 13.2 Å². The van der Waals surface area contributed by atoms with Gasteiger partial charge in [-0.1, -0.05) is 54.6 Å². The van der Waals surface area contributed by atoms with Crippen LogP contribution < -0.4 is 5.32 Å². The summed E-state index contributed by atoms with van der Waals surface area (Å²) in [5.74, 6) is -0.332. The lowest BCUT2D eigenvalue weighted by atomic mass is 10.0. The minimum atomic E-state index is -3.64. The molecule has 166 valence electrons. The number of rotatable bonds is 6. The second-order valence-corrected chi connectivity index (χ2v) is 9.95. The van der Waals surface area contributed by atoms with Crippen molar-refractivity contribution in [3.8, 4) is 0 Å². The molecule has 0 aliphatic carbocycles. The summed E-state index contributed by atoms with van der Waals surface area (Å²) in [5.41, 5.74) is 3.17. The van der Waals surface area contributed by atoms with Crippen LogP contribution in [-0.2, 0) is 16.4 Å². The molecular formula is C25H27N3O3S. The molecule has 0 saturated carbocycles. The summed E-state index contributed by atoms with van der Waals surface area (Å²) in [4.78, 5) is 15.2. The summed E-state index contributed by atoms with van der Waals surface area (Å²) in [5, 5.41) is 2.96. The number of hydrogen-bond acceptors (Lipinski definition) is 4. The van der Waals surface area contributed by atoms with Crippen molar-refractivity contribution in [3.05, 3.63) is 95.6 Å². The third kappa shape index (κ3) is 5.07. The van der Waals surface area contributed by atoms with Crippen molar-refractivity contribution in [1.29, 1.82) is 0 Å². The van der Waals surface area contributed by atoms with E-state index in [1.807, 2.05) is 61.6 Å². The van der Waals surface area contributed by atoms with E-state index in [0.29, 0.717) is 43.9 Å². The number of carbonyl (C=O) groups excluding carboxylic acids is 1. The Hall–Kier alpha value is -3.00. The molecule has 1 aliphatic rings. The van der Waals surface area contributed by atoms with Crippen LogP contribution in [0.3, 0.4) is 0 Å².